The van der Waals surface area contributed by atoms with Crippen LogP contribution < -0.4 is 10.6 Å². The van der Waals surface area contributed by atoms with Crippen LogP contribution >= 0.6 is 10.2 Å². The molecule has 0 bridgehead atoms. The molecule has 0 aliphatic rings. The number of carbonyl (C=O) groups excluding carboxylic acids is 1. The molecule has 0 saturated carbocycles. The van der Waals surface area contributed by atoms with E-state index in [1.165, 1.54) is 0 Å². The van der Waals surface area contributed by atoms with Gasteiger partial charge in [0.05, 0.1) is 5.54 Å². The molecule has 9 heteroatoms. The van der Waals surface area contributed by atoms with Gasteiger partial charge in [0.15, 0.2) is 0 Å². The third kappa shape index (κ3) is 5.48. The van der Waals surface area contributed by atoms with Crippen LogP contribution in [-0.2, 0) is 5.54 Å². The smallest absolute Gasteiger partial charge is 0.319 e. The summed E-state index contributed by atoms with van der Waals surface area (Å²) in [5, 5.41) is 5.05. The zero-order valence-corrected chi connectivity index (χ0v) is 16.3. The number of anilines is 1. The van der Waals surface area contributed by atoms with Crippen molar-refractivity contribution in [2.24, 2.45) is 0 Å². The predicted octanol–water partition coefficient (Wildman–Crippen LogP) is 7.43. The normalized spacial score (nSPS) is 14.6. The summed E-state index contributed by atoms with van der Waals surface area (Å²) in [4.78, 5) is 10.2. The molecule has 0 aliphatic heterocycles. The fourth-order valence-corrected chi connectivity index (χ4v) is 3.14. The second-order valence-corrected chi connectivity index (χ2v) is 9.47. The first-order valence-corrected chi connectivity index (χ1v) is 10.1. The van der Waals surface area contributed by atoms with Crippen LogP contribution in [0.2, 0.25) is 0 Å². The molecule has 0 aliphatic carbocycles. The lowest BCUT2D eigenvalue weighted by atomic mass is 9.92. The van der Waals surface area contributed by atoms with Gasteiger partial charge in [-0.05, 0) is 62.2 Å². The van der Waals surface area contributed by atoms with E-state index in [0.29, 0.717) is 0 Å². The molecule has 0 heterocycles. The zero-order chi connectivity index (χ0) is 21.4. The van der Waals surface area contributed by atoms with Gasteiger partial charge < -0.3 is 10.6 Å². The molecule has 2 rings (SSSR count). The minimum absolute atomic E-state index is 0.0467. The van der Waals surface area contributed by atoms with Gasteiger partial charge in [-0.1, -0.05) is 49.8 Å². The lowest BCUT2D eigenvalue weighted by molar-refractivity contribution is 0.242. The van der Waals surface area contributed by atoms with Gasteiger partial charge in [0.25, 0.3) is 0 Å². The van der Waals surface area contributed by atoms with Gasteiger partial charge in [0.1, 0.15) is 4.90 Å². The molecule has 28 heavy (non-hydrogen) atoms. The lowest BCUT2D eigenvalue weighted by Crippen LogP contribution is -2.43. The average Bonchev–Trinajstić information content (AvgIpc) is 2.52. The molecule has 3 nitrogen and oxygen atoms in total. The van der Waals surface area contributed by atoms with Crippen molar-refractivity contribution in [3.05, 3.63) is 66.2 Å². The van der Waals surface area contributed by atoms with Crippen LogP contribution in [0.4, 0.5) is 29.9 Å². The minimum Gasteiger partial charge on any atom is -0.329 e. The van der Waals surface area contributed by atoms with Gasteiger partial charge in [-0.15, -0.1) is 0 Å². The minimum atomic E-state index is -9.74. The SMILES string of the molecule is C=C(C)c1cccc(C(C)(C)NC(=O)Nc2ccc(S(F)(F)(F)(F)F)cc2)c1. The molecule has 0 spiro atoms. The summed E-state index contributed by atoms with van der Waals surface area (Å²) in [6.07, 6.45) is 0. The predicted molar refractivity (Wildman–Crippen MR) is 104 cm³/mol. The summed E-state index contributed by atoms with van der Waals surface area (Å²) >= 11 is 0. The van der Waals surface area contributed by atoms with Crippen molar-refractivity contribution in [1.29, 1.82) is 0 Å². The fraction of sp³-hybridized carbons (Fsp3) is 0.211. The van der Waals surface area contributed by atoms with Crippen LogP contribution in [-0.4, -0.2) is 6.03 Å². The molecule has 154 valence electrons. The molecular weight excluding hydrogens is 399 g/mol. The second kappa shape index (κ2) is 6.23. The number of allylic oxidation sites excluding steroid dienone is 1. The molecule has 2 amide bonds. The summed E-state index contributed by atoms with van der Waals surface area (Å²) in [6.45, 7) is 9.22. The summed E-state index contributed by atoms with van der Waals surface area (Å²) in [5.41, 5.74) is 1.69. The van der Waals surface area contributed by atoms with Crippen molar-refractivity contribution in [3.63, 3.8) is 0 Å². The second-order valence-electron chi connectivity index (χ2n) is 7.06. The van der Waals surface area contributed by atoms with Crippen LogP contribution in [0.3, 0.4) is 0 Å². The maximum absolute atomic E-state index is 12.7. The molecule has 0 aromatic heterocycles. The van der Waals surface area contributed by atoms with E-state index in [2.05, 4.69) is 17.2 Å². The summed E-state index contributed by atoms with van der Waals surface area (Å²) in [5.74, 6) is 0. The maximum Gasteiger partial charge on any atom is 0.319 e. The van der Waals surface area contributed by atoms with Crippen LogP contribution in [0.25, 0.3) is 5.57 Å². The Morgan fingerprint density at radius 2 is 1.57 bits per heavy atom. The largest absolute Gasteiger partial charge is 0.329 e. The Hall–Kier alpha value is -2.55. The first-order chi connectivity index (χ1) is 12.5. The van der Waals surface area contributed by atoms with E-state index in [0.717, 1.165) is 28.8 Å². The van der Waals surface area contributed by atoms with Crippen molar-refractivity contribution in [1.82, 2.24) is 5.32 Å². The maximum atomic E-state index is 12.7. The van der Waals surface area contributed by atoms with Crippen molar-refractivity contribution < 1.29 is 24.2 Å². The van der Waals surface area contributed by atoms with E-state index < -0.39 is 26.7 Å². The molecule has 0 fully saturated rings. The quantitative estimate of drug-likeness (QED) is 0.485. The van der Waals surface area contributed by atoms with Crippen LogP contribution in [0.1, 0.15) is 31.9 Å². The number of rotatable bonds is 5. The average molecular weight is 420 g/mol. The highest BCUT2D eigenvalue weighted by atomic mass is 32.5. The first kappa shape index (κ1) is 21.7. The molecule has 0 radical (unpaired) electrons. The third-order valence-electron chi connectivity index (χ3n) is 4.06. The van der Waals surface area contributed by atoms with Crippen molar-refractivity contribution in [2.75, 3.05) is 5.32 Å². The standard InChI is InChI=1S/C19H21F5N2OS/c1-13(2)14-6-5-7-15(12-14)19(3,4)26-18(27)25-16-8-10-17(11-9-16)28(20,21,22,23)24/h5-12H,1H2,2-4H3,(H2,25,26,27). The topological polar surface area (TPSA) is 41.1 Å². The van der Waals surface area contributed by atoms with Gasteiger partial charge in [0, 0.05) is 5.69 Å². The van der Waals surface area contributed by atoms with Gasteiger partial charge in [-0.25, -0.2) is 4.79 Å². The molecule has 0 atom stereocenters. The zero-order valence-electron chi connectivity index (χ0n) is 15.5. The van der Waals surface area contributed by atoms with Crippen LogP contribution in [0.15, 0.2) is 60.0 Å². The Bertz CT molecular complexity index is 922. The molecule has 2 aromatic carbocycles. The molecule has 0 unspecified atom stereocenters. The Kier molecular flexibility index (Phi) is 4.84. The monoisotopic (exact) mass is 420 g/mol. The van der Waals surface area contributed by atoms with Crippen molar-refractivity contribution in [2.45, 2.75) is 31.2 Å². The summed E-state index contributed by atoms with van der Waals surface area (Å²) in [7, 11) is -9.74. The number of amides is 2. The van der Waals surface area contributed by atoms with Gasteiger partial charge in [-0.3, -0.25) is 0 Å². The Morgan fingerprint density at radius 3 is 2.07 bits per heavy atom. The highest BCUT2D eigenvalue weighted by molar-refractivity contribution is 8.45. The van der Waals surface area contributed by atoms with E-state index in [1.807, 2.05) is 31.2 Å². The fourth-order valence-electron chi connectivity index (χ4n) is 2.49. The van der Waals surface area contributed by atoms with Gasteiger partial charge >= 0.3 is 16.3 Å². The van der Waals surface area contributed by atoms with Gasteiger partial charge in [-0.2, -0.15) is 0 Å². The molecular formula is C19H21F5N2OS. The summed E-state index contributed by atoms with van der Waals surface area (Å²) < 4.78 is 63.7. The van der Waals surface area contributed by atoms with Crippen LogP contribution in [0, 0.1) is 0 Å². The van der Waals surface area contributed by atoms with E-state index in [4.69, 9.17) is 0 Å². The van der Waals surface area contributed by atoms with Crippen molar-refractivity contribution in [3.8, 4) is 0 Å². The van der Waals surface area contributed by atoms with E-state index in [9.17, 15) is 24.2 Å². The van der Waals surface area contributed by atoms with Gasteiger partial charge in [0.2, 0.25) is 0 Å². The highest BCUT2D eigenvalue weighted by Gasteiger charge is 2.65. The first-order valence-electron chi connectivity index (χ1n) is 8.18. The Labute approximate surface area is 160 Å². The Balaban J connectivity index is 2.13. The number of hydrogen-bond acceptors (Lipinski definition) is 1. The van der Waals surface area contributed by atoms with Crippen LogP contribution in [0.5, 0.6) is 0 Å². The van der Waals surface area contributed by atoms with Crippen molar-refractivity contribution >= 4 is 27.5 Å². The lowest BCUT2D eigenvalue weighted by Gasteiger charge is -2.40. The number of nitrogens with one attached hydrogen (secondary N) is 2. The molecule has 2 N–H and O–H groups in total. The number of carbonyl (C=O) groups is 1. The van der Waals surface area contributed by atoms with E-state index >= 15 is 0 Å². The Morgan fingerprint density at radius 1 is 1.00 bits per heavy atom. The van der Waals surface area contributed by atoms with E-state index in [-0.39, 0.29) is 17.8 Å². The number of hydrogen-bond donors (Lipinski definition) is 2. The highest BCUT2D eigenvalue weighted by Crippen LogP contribution is 3.02. The number of benzene rings is 2. The van der Waals surface area contributed by atoms with E-state index in [1.54, 1.807) is 13.8 Å². The molecule has 0 saturated heterocycles. The number of halogens is 5. The number of urea groups is 1. The third-order valence-corrected chi connectivity index (χ3v) is 5.22. The molecule has 2 aromatic rings. The summed E-state index contributed by atoms with van der Waals surface area (Å²) in [6, 6.07) is 8.75.